The Balaban J connectivity index is 1.84. The van der Waals surface area contributed by atoms with Gasteiger partial charge in [-0.15, -0.1) is 0 Å². The summed E-state index contributed by atoms with van der Waals surface area (Å²) in [7, 11) is 1.19. The number of imide groups is 1. The molecule has 0 bridgehead atoms. The molecule has 3 amide bonds. The maximum absolute atomic E-state index is 12.5. The molecule has 1 fully saturated rings. The zero-order chi connectivity index (χ0) is 22.4. The lowest BCUT2D eigenvalue weighted by molar-refractivity contribution is -0.143. The minimum atomic E-state index is -0.683. The number of nitrogens with one attached hydrogen (secondary N) is 1. The van der Waals surface area contributed by atoms with Crippen LogP contribution in [0.1, 0.15) is 18.1 Å². The van der Waals surface area contributed by atoms with Gasteiger partial charge in [0.2, 0.25) is 0 Å². The quantitative estimate of drug-likeness (QED) is 0.241. The normalized spacial score (nSPS) is 14.5. The molecular formula is C22H21IN2O6. The van der Waals surface area contributed by atoms with Crippen LogP contribution in [0.3, 0.4) is 0 Å². The summed E-state index contributed by atoms with van der Waals surface area (Å²) in [6.07, 6.45) is 1.53. The number of benzene rings is 2. The van der Waals surface area contributed by atoms with E-state index in [1.165, 1.54) is 13.2 Å². The van der Waals surface area contributed by atoms with Crippen LogP contribution in [-0.4, -0.2) is 43.1 Å². The molecular weight excluding hydrogens is 515 g/mol. The zero-order valence-corrected chi connectivity index (χ0v) is 19.2. The third-order valence-electron chi connectivity index (χ3n) is 4.35. The molecule has 0 spiro atoms. The highest BCUT2D eigenvalue weighted by molar-refractivity contribution is 14.1. The van der Waals surface area contributed by atoms with Crippen LogP contribution in [-0.2, 0) is 20.9 Å². The number of esters is 1. The van der Waals surface area contributed by atoms with Crippen LogP contribution in [0.25, 0.3) is 6.08 Å². The number of carbonyl (C=O) groups excluding carboxylic acids is 3. The zero-order valence-electron chi connectivity index (χ0n) is 17.0. The highest BCUT2D eigenvalue weighted by Gasteiger charge is 2.35. The van der Waals surface area contributed by atoms with Crippen LogP contribution in [0, 0.1) is 3.57 Å². The summed E-state index contributed by atoms with van der Waals surface area (Å²) in [5.41, 5.74) is 1.73. The lowest BCUT2D eigenvalue weighted by atomic mass is 10.1. The SMILES string of the molecule is CCOc1cc(/C=C2/NC(=O)N(CC(=O)OC)C2=O)cc(I)c1OCc1ccccc1. The van der Waals surface area contributed by atoms with E-state index in [1.54, 1.807) is 6.07 Å². The lowest BCUT2D eigenvalue weighted by Crippen LogP contribution is -2.36. The molecule has 1 saturated heterocycles. The Morgan fingerprint density at radius 3 is 2.58 bits per heavy atom. The maximum atomic E-state index is 12.5. The molecule has 0 aromatic heterocycles. The van der Waals surface area contributed by atoms with Gasteiger partial charge in [0.05, 0.1) is 17.3 Å². The summed E-state index contributed by atoms with van der Waals surface area (Å²) in [6.45, 7) is 2.23. The number of halogens is 1. The number of amides is 3. The van der Waals surface area contributed by atoms with Crippen LogP contribution in [0.15, 0.2) is 48.2 Å². The number of rotatable bonds is 8. The predicted octanol–water partition coefficient (Wildman–Crippen LogP) is 3.33. The van der Waals surface area contributed by atoms with Gasteiger partial charge in [-0.3, -0.25) is 9.59 Å². The first-order valence-corrected chi connectivity index (χ1v) is 10.5. The van der Waals surface area contributed by atoms with Crippen molar-refractivity contribution in [1.29, 1.82) is 0 Å². The number of nitrogens with zero attached hydrogens (tertiary/aromatic N) is 1. The Morgan fingerprint density at radius 1 is 1.16 bits per heavy atom. The summed E-state index contributed by atoms with van der Waals surface area (Å²) >= 11 is 2.14. The monoisotopic (exact) mass is 536 g/mol. The molecule has 162 valence electrons. The molecule has 1 aliphatic heterocycles. The van der Waals surface area contributed by atoms with Gasteiger partial charge in [0.1, 0.15) is 18.8 Å². The number of ether oxygens (including phenoxy) is 3. The second-order valence-corrected chi connectivity index (χ2v) is 7.66. The van der Waals surface area contributed by atoms with E-state index in [0.29, 0.717) is 30.3 Å². The fraction of sp³-hybridized carbons (Fsp3) is 0.227. The largest absolute Gasteiger partial charge is 0.490 e. The van der Waals surface area contributed by atoms with Crippen LogP contribution in [0.2, 0.25) is 0 Å². The van der Waals surface area contributed by atoms with Crippen molar-refractivity contribution in [1.82, 2.24) is 10.2 Å². The molecule has 2 aromatic rings. The van der Waals surface area contributed by atoms with E-state index >= 15 is 0 Å². The molecule has 0 saturated carbocycles. The summed E-state index contributed by atoms with van der Waals surface area (Å²) in [5.74, 6) is -0.159. The first kappa shape index (κ1) is 22.6. The van der Waals surface area contributed by atoms with Gasteiger partial charge in [-0.1, -0.05) is 30.3 Å². The van der Waals surface area contributed by atoms with E-state index in [1.807, 2.05) is 43.3 Å². The minimum Gasteiger partial charge on any atom is -0.490 e. The number of carbonyl (C=O) groups is 3. The van der Waals surface area contributed by atoms with Gasteiger partial charge < -0.3 is 19.5 Å². The Kier molecular flexibility index (Phi) is 7.50. The van der Waals surface area contributed by atoms with Gasteiger partial charge in [-0.05, 0) is 58.9 Å². The molecule has 1 N–H and O–H groups in total. The second-order valence-electron chi connectivity index (χ2n) is 6.49. The summed E-state index contributed by atoms with van der Waals surface area (Å²) in [4.78, 5) is 36.8. The molecule has 31 heavy (non-hydrogen) atoms. The van der Waals surface area contributed by atoms with Gasteiger partial charge in [0, 0.05) is 0 Å². The van der Waals surface area contributed by atoms with Crippen LogP contribution in [0.5, 0.6) is 11.5 Å². The lowest BCUT2D eigenvalue weighted by Gasteiger charge is -2.15. The molecule has 0 atom stereocenters. The highest BCUT2D eigenvalue weighted by Crippen LogP contribution is 2.35. The topological polar surface area (TPSA) is 94.2 Å². The van der Waals surface area contributed by atoms with Gasteiger partial charge >= 0.3 is 12.0 Å². The smallest absolute Gasteiger partial charge is 0.329 e. The van der Waals surface area contributed by atoms with Crippen molar-refractivity contribution in [3.8, 4) is 11.5 Å². The Hall–Kier alpha value is -3.08. The van der Waals surface area contributed by atoms with Gasteiger partial charge in [-0.25, -0.2) is 9.69 Å². The fourth-order valence-corrected chi connectivity index (χ4v) is 3.66. The van der Waals surface area contributed by atoms with Gasteiger partial charge in [0.25, 0.3) is 5.91 Å². The Bertz CT molecular complexity index is 1020. The molecule has 0 unspecified atom stereocenters. The standard InChI is InChI=1S/C22H21IN2O6/c1-3-30-18-11-15(9-16(23)20(18)31-13-14-7-5-4-6-8-14)10-17-21(27)25(22(28)24-17)12-19(26)29-2/h4-11H,3,12-13H2,1-2H3,(H,24,28)/b17-10+. The van der Waals surface area contributed by atoms with E-state index < -0.39 is 24.5 Å². The third-order valence-corrected chi connectivity index (χ3v) is 5.15. The molecule has 1 heterocycles. The highest BCUT2D eigenvalue weighted by atomic mass is 127. The molecule has 2 aromatic carbocycles. The summed E-state index contributed by atoms with van der Waals surface area (Å²) in [5, 5.41) is 2.48. The average molecular weight is 536 g/mol. The summed E-state index contributed by atoms with van der Waals surface area (Å²) < 4.78 is 17.0. The van der Waals surface area contributed by atoms with Gasteiger partial charge in [0.15, 0.2) is 11.5 Å². The third kappa shape index (κ3) is 5.54. The minimum absolute atomic E-state index is 0.0603. The average Bonchev–Trinajstić information content (AvgIpc) is 3.01. The molecule has 1 aliphatic rings. The predicted molar refractivity (Wildman–Crippen MR) is 121 cm³/mol. The number of hydrogen-bond donors (Lipinski definition) is 1. The van der Waals surface area contributed by atoms with E-state index in [0.717, 1.165) is 14.0 Å². The first-order chi connectivity index (χ1) is 14.9. The fourth-order valence-electron chi connectivity index (χ4n) is 2.88. The van der Waals surface area contributed by atoms with Crippen molar-refractivity contribution < 1.29 is 28.6 Å². The molecule has 3 rings (SSSR count). The van der Waals surface area contributed by atoms with E-state index in [-0.39, 0.29) is 5.70 Å². The van der Waals surface area contributed by atoms with Crippen LogP contribution >= 0.6 is 22.6 Å². The second kappa shape index (κ2) is 10.3. The maximum Gasteiger partial charge on any atom is 0.329 e. The Morgan fingerprint density at radius 2 is 1.90 bits per heavy atom. The van der Waals surface area contributed by atoms with E-state index in [2.05, 4.69) is 32.6 Å². The Labute approximate surface area is 193 Å². The van der Waals surface area contributed by atoms with Crippen molar-refractivity contribution in [2.75, 3.05) is 20.3 Å². The first-order valence-electron chi connectivity index (χ1n) is 9.47. The van der Waals surface area contributed by atoms with Crippen molar-refractivity contribution in [3.05, 3.63) is 62.9 Å². The molecule has 0 aliphatic carbocycles. The van der Waals surface area contributed by atoms with E-state index in [9.17, 15) is 14.4 Å². The number of methoxy groups -OCH3 is 1. The van der Waals surface area contributed by atoms with E-state index in [4.69, 9.17) is 9.47 Å². The van der Waals surface area contributed by atoms with Crippen molar-refractivity contribution in [2.24, 2.45) is 0 Å². The molecule has 8 nitrogen and oxygen atoms in total. The number of urea groups is 1. The van der Waals surface area contributed by atoms with Crippen molar-refractivity contribution >= 4 is 46.6 Å². The number of hydrogen-bond acceptors (Lipinski definition) is 6. The van der Waals surface area contributed by atoms with Gasteiger partial charge in [-0.2, -0.15) is 0 Å². The van der Waals surface area contributed by atoms with Crippen molar-refractivity contribution in [2.45, 2.75) is 13.5 Å². The van der Waals surface area contributed by atoms with Crippen molar-refractivity contribution in [3.63, 3.8) is 0 Å². The van der Waals surface area contributed by atoms with Crippen LogP contribution in [0.4, 0.5) is 4.79 Å². The van der Waals surface area contributed by atoms with Crippen LogP contribution < -0.4 is 14.8 Å². The molecule has 9 heteroatoms. The molecule has 0 radical (unpaired) electrons. The summed E-state index contributed by atoms with van der Waals surface area (Å²) in [6, 6.07) is 12.7.